The summed E-state index contributed by atoms with van der Waals surface area (Å²) in [7, 11) is 0. The Bertz CT molecular complexity index is 1170. The van der Waals surface area contributed by atoms with Crippen LogP contribution in [0.2, 0.25) is 0 Å². The van der Waals surface area contributed by atoms with Gasteiger partial charge in [0.2, 0.25) is 0 Å². The highest BCUT2D eigenvalue weighted by Crippen LogP contribution is 2.28. The van der Waals surface area contributed by atoms with Gasteiger partial charge in [-0.3, -0.25) is 14.4 Å². The molecular weight excluding hydrogens is 459 g/mol. The first kappa shape index (κ1) is 23.7. The molecule has 34 heavy (non-hydrogen) atoms. The summed E-state index contributed by atoms with van der Waals surface area (Å²) in [6, 6.07) is 13.6. The first-order valence-electron chi connectivity index (χ1n) is 11.1. The van der Waals surface area contributed by atoms with Crippen LogP contribution in [-0.4, -0.2) is 42.1 Å². The van der Waals surface area contributed by atoms with Gasteiger partial charge in [-0.2, -0.15) is 0 Å². The van der Waals surface area contributed by atoms with Crippen molar-refractivity contribution < 1.29 is 28.6 Å². The fraction of sp³-hybridized carbons (Fsp3) is 0.320. The van der Waals surface area contributed by atoms with Crippen LogP contribution in [0, 0.1) is 11.7 Å². The van der Waals surface area contributed by atoms with E-state index in [0.29, 0.717) is 36.3 Å². The molecule has 0 spiro atoms. The number of aliphatic carboxylic acids is 1. The molecular formula is C25H25FN2O5S. The summed E-state index contributed by atoms with van der Waals surface area (Å²) in [4.78, 5) is 36.3. The summed E-state index contributed by atoms with van der Waals surface area (Å²) in [6.07, 6.45) is 2.08. The van der Waals surface area contributed by atoms with E-state index < -0.39 is 17.7 Å². The zero-order chi connectivity index (χ0) is 24.1. The summed E-state index contributed by atoms with van der Waals surface area (Å²) in [5.41, 5.74) is -0.113. The second-order valence-electron chi connectivity index (χ2n) is 8.23. The topological polar surface area (TPSA) is 105 Å². The Morgan fingerprint density at radius 1 is 0.971 bits per heavy atom. The number of ether oxygens (including phenoxy) is 1. The van der Waals surface area contributed by atoms with E-state index in [9.17, 15) is 18.8 Å². The monoisotopic (exact) mass is 484 g/mol. The van der Waals surface area contributed by atoms with Crippen molar-refractivity contribution in [3.8, 4) is 5.75 Å². The van der Waals surface area contributed by atoms with Gasteiger partial charge in [-0.05, 0) is 55.3 Å². The molecule has 3 aromatic rings. The average Bonchev–Trinajstić information content (AvgIpc) is 3.26. The maximum Gasteiger partial charge on any atom is 0.306 e. The van der Waals surface area contributed by atoms with Gasteiger partial charge in [-0.15, -0.1) is 11.3 Å². The lowest BCUT2D eigenvalue weighted by Crippen LogP contribution is -2.34. The van der Waals surface area contributed by atoms with Crippen molar-refractivity contribution >= 4 is 39.2 Å². The Kier molecular flexibility index (Phi) is 7.42. The number of amides is 2. The summed E-state index contributed by atoms with van der Waals surface area (Å²) < 4.78 is 21.3. The number of benzene rings is 2. The van der Waals surface area contributed by atoms with E-state index in [1.54, 1.807) is 0 Å². The molecule has 2 amide bonds. The normalized spacial score (nSPS) is 17.8. The molecule has 178 valence electrons. The van der Waals surface area contributed by atoms with E-state index in [0.717, 1.165) is 10.1 Å². The Hall–Kier alpha value is -3.46. The fourth-order valence-electron chi connectivity index (χ4n) is 4.00. The van der Waals surface area contributed by atoms with Crippen LogP contribution < -0.4 is 15.4 Å². The Labute approximate surface area is 199 Å². The molecule has 2 aromatic carbocycles. The fourth-order valence-corrected chi connectivity index (χ4v) is 4.98. The van der Waals surface area contributed by atoms with E-state index in [-0.39, 0.29) is 36.6 Å². The Morgan fingerprint density at radius 3 is 2.35 bits per heavy atom. The third kappa shape index (κ3) is 5.72. The summed E-state index contributed by atoms with van der Waals surface area (Å²) in [5.74, 6) is -2.34. The third-order valence-corrected chi connectivity index (χ3v) is 6.97. The van der Waals surface area contributed by atoms with Crippen LogP contribution in [0.3, 0.4) is 0 Å². The zero-order valence-electron chi connectivity index (χ0n) is 18.4. The highest BCUT2D eigenvalue weighted by Gasteiger charge is 2.27. The van der Waals surface area contributed by atoms with Crippen LogP contribution in [-0.2, 0) is 4.79 Å². The molecule has 1 heterocycles. The number of halogens is 1. The first-order chi connectivity index (χ1) is 16.4. The molecule has 0 saturated heterocycles. The van der Waals surface area contributed by atoms with Crippen LogP contribution in [0.15, 0.2) is 48.5 Å². The van der Waals surface area contributed by atoms with Crippen molar-refractivity contribution in [3.63, 3.8) is 0 Å². The van der Waals surface area contributed by atoms with Crippen LogP contribution in [0.5, 0.6) is 5.75 Å². The number of rotatable bonds is 8. The van der Waals surface area contributed by atoms with E-state index in [1.165, 1.54) is 29.5 Å². The molecule has 7 nitrogen and oxygen atoms in total. The number of hydrogen-bond donors (Lipinski definition) is 3. The van der Waals surface area contributed by atoms with E-state index in [1.807, 2.05) is 30.3 Å². The van der Waals surface area contributed by atoms with Gasteiger partial charge < -0.3 is 20.5 Å². The number of carboxylic acid groups (broad SMARTS) is 1. The van der Waals surface area contributed by atoms with E-state index >= 15 is 0 Å². The molecule has 9 heteroatoms. The molecule has 1 aliphatic rings. The highest BCUT2D eigenvalue weighted by molar-refractivity contribution is 7.20. The molecule has 3 N–H and O–H groups in total. The summed E-state index contributed by atoms with van der Waals surface area (Å²) in [6.45, 7) is 0.362. The predicted octanol–water partition coefficient (Wildman–Crippen LogP) is 4.22. The van der Waals surface area contributed by atoms with Gasteiger partial charge in [0, 0.05) is 23.9 Å². The standard InChI is InChI=1S/C25H25FN2O5S/c26-20-14-18(33-17-7-5-15(6-8-17)25(31)32)9-10-19(20)23(29)27-11-12-28-24(30)22-13-16-3-1-2-4-21(16)34-22/h1-4,9-10,13-15,17H,5-8,11-12H2,(H,27,29)(H,28,30)(H,31,32)/t15-,17+. The average molecular weight is 485 g/mol. The zero-order valence-corrected chi connectivity index (χ0v) is 19.2. The number of nitrogens with one attached hydrogen (secondary N) is 2. The molecule has 1 saturated carbocycles. The van der Waals surface area contributed by atoms with Gasteiger partial charge in [-0.25, -0.2) is 4.39 Å². The Balaban J connectivity index is 1.23. The summed E-state index contributed by atoms with van der Waals surface area (Å²) >= 11 is 1.40. The molecule has 1 aromatic heterocycles. The number of carbonyl (C=O) groups excluding carboxylic acids is 2. The first-order valence-corrected chi connectivity index (χ1v) is 12.0. The van der Waals surface area contributed by atoms with Crippen LogP contribution in [0.1, 0.15) is 45.7 Å². The van der Waals surface area contributed by atoms with Gasteiger partial charge in [0.25, 0.3) is 11.8 Å². The molecule has 0 atom stereocenters. The maximum atomic E-state index is 14.5. The number of hydrogen-bond acceptors (Lipinski definition) is 5. The van der Waals surface area contributed by atoms with Crippen LogP contribution >= 0.6 is 11.3 Å². The number of carbonyl (C=O) groups is 3. The second kappa shape index (κ2) is 10.6. The van der Waals surface area contributed by atoms with Gasteiger partial charge in [0.05, 0.1) is 22.5 Å². The van der Waals surface area contributed by atoms with E-state index in [2.05, 4.69) is 10.6 Å². The van der Waals surface area contributed by atoms with Crippen molar-refractivity contribution in [2.45, 2.75) is 31.8 Å². The number of fused-ring (bicyclic) bond motifs is 1. The lowest BCUT2D eigenvalue weighted by molar-refractivity contribution is -0.143. The van der Waals surface area contributed by atoms with Crippen molar-refractivity contribution in [3.05, 3.63) is 64.8 Å². The molecule has 4 rings (SSSR count). The Morgan fingerprint density at radius 2 is 1.68 bits per heavy atom. The molecule has 0 aliphatic heterocycles. The second-order valence-corrected chi connectivity index (χ2v) is 9.32. The van der Waals surface area contributed by atoms with Gasteiger partial charge in [0.15, 0.2) is 0 Å². The van der Waals surface area contributed by atoms with Crippen LogP contribution in [0.4, 0.5) is 4.39 Å². The lowest BCUT2D eigenvalue weighted by atomic mass is 9.87. The van der Waals surface area contributed by atoms with Crippen molar-refractivity contribution in [1.29, 1.82) is 0 Å². The highest BCUT2D eigenvalue weighted by atomic mass is 32.1. The molecule has 0 unspecified atom stereocenters. The van der Waals surface area contributed by atoms with E-state index in [4.69, 9.17) is 9.84 Å². The van der Waals surface area contributed by atoms with Crippen molar-refractivity contribution in [2.24, 2.45) is 5.92 Å². The number of carboxylic acids is 1. The molecule has 0 radical (unpaired) electrons. The maximum absolute atomic E-state index is 14.5. The van der Waals surface area contributed by atoms with Crippen molar-refractivity contribution in [1.82, 2.24) is 10.6 Å². The van der Waals surface area contributed by atoms with Gasteiger partial charge >= 0.3 is 5.97 Å². The van der Waals surface area contributed by atoms with Gasteiger partial charge in [0.1, 0.15) is 11.6 Å². The third-order valence-electron chi connectivity index (χ3n) is 5.86. The molecule has 0 bridgehead atoms. The quantitative estimate of drug-likeness (QED) is 0.415. The largest absolute Gasteiger partial charge is 0.490 e. The minimum absolute atomic E-state index is 0.113. The lowest BCUT2D eigenvalue weighted by Gasteiger charge is -2.26. The predicted molar refractivity (Wildman–Crippen MR) is 127 cm³/mol. The minimum atomic E-state index is -0.792. The van der Waals surface area contributed by atoms with Crippen LogP contribution in [0.25, 0.3) is 10.1 Å². The SMILES string of the molecule is O=C(NCCNC(=O)c1ccc(O[C@H]2CC[C@@H](C(=O)O)CC2)cc1F)c1cc2ccccc2s1. The summed E-state index contributed by atoms with van der Waals surface area (Å²) in [5, 5.41) is 15.4. The van der Waals surface area contributed by atoms with Gasteiger partial charge in [-0.1, -0.05) is 18.2 Å². The van der Waals surface area contributed by atoms with Crippen molar-refractivity contribution in [2.75, 3.05) is 13.1 Å². The number of thiophene rings is 1. The molecule has 1 aliphatic carbocycles. The molecule has 1 fully saturated rings. The smallest absolute Gasteiger partial charge is 0.306 e. The minimum Gasteiger partial charge on any atom is -0.490 e.